The van der Waals surface area contributed by atoms with Gasteiger partial charge >= 0.3 is 5.97 Å². The van der Waals surface area contributed by atoms with Crippen molar-refractivity contribution in [1.29, 1.82) is 0 Å². The van der Waals surface area contributed by atoms with Crippen molar-refractivity contribution in [2.24, 2.45) is 5.16 Å². The molecule has 1 aromatic rings. The van der Waals surface area contributed by atoms with Crippen molar-refractivity contribution >= 4 is 12.2 Å². The lowest BCUT2D eigenvalue weighted by Gasteiger charge is -1.93. The van der Waals surface area contributed by atoms with E-state index in [1.54, 1.807) is 6.07 Å². The smallest absolute Gasteiger partial charge is 0.344 e. The Morgan fingerprint density at radius 2 is 2.43 bits per heavy atom. The van der Waals surface area contributed by atoms with Crippen LogP contribution in [0.2, 0.25) is 0 Å². The van der Waals surface area contributed by atoms with Crippen LogP contribution >= 0.6 is 0 Å². The van der Waals surface area contributed by atoms with Gasteiger partial charge in [0.2, 0.25) is 6.61 Å². The predicted molar refractivity (Wildman–Crippen MR) is 47.6 cm³/mol. The monoisotopic (exact) mass is 197 g/mol. The van der Waals surface area contributed by atoms with Crippen LogP contribution in [0, 0.1) is 5.82 Å². The lowest BCUT2D eigenvalue weighted by Crippen LogP contribution is -2.03. The fraction of sp³-hybridized carbons (Fsp3) is 0.111. The molecule has 74 valence electrons. The number of rotatable bonds is 4. The fourth-order valence-corrected chi connectivity index (χ4v) is 0.778. The summed E-state index contributed by atoms with van der Waals surface area (Å²) in [7, 11) is 0. The van der Waals surface area contributed by atoms with Gasteiger partial charge in [-0.1, -0.05) is 17.3 Å². The summed E-state index contributed by atoms with van der Waals surface area (Å²) < 4.78 is 12.6. The highest BCUT2D eigenvalue weighted by atomic mass is 19.1. The first-order valence-electron chi connectivity index (χ1n) is 3.81. The summed E-state index contributed by atoms with van der Waals surface area (Å²) in [6.07, 6.45) is 1.24. The average Bonchev–Trinajstić information content (AvgIpc) is 2.12. The molecule has 0 fully saturated rings. The third-order valence-corrected chi connectivity index (χ3v) is 1.31. The maximum Gasteiger partial charge on any atom is 0.344 e. The number of aliphatic carboxylic acids is 1. The summed E-state index contributed by atoms with van der Waals surface area (Å²) in [5.41, 5.74) is 0.510. The quantitative estimate of drug-likeness (QED) is 0.584. The number of benzene rings is 1. The van der Waals surface area contributed by atoms with Crippen molar-refractivity contribution in [3.63, 3.8) is 0 Å². The van der Waals surface area contributed by atoms with Crippen molar-refractivity contribution < 1.29 is 19.1 Å². The molecule has 4 nitrogen and oxygen atoms in total. The van der Waals surface area contributed by atoms with E-state index in [9.17, 15) is 9.18 Å². The lowest BCUT2D eigenvalue weighted by atomic mass is 10.2. The molecule has 0 saturated carbocycles. The first-order valence-corrected chi connectivity index (χ1v) is 3.81. The van der Waals surface area contributed by atoms with Crippen LogP contribution in [-0.4, -0.2) is 23.9 Å². The summed E-state index contributed by atoms with van der Waals surface area (Å²) in [6.45, 7) is -0.508. The number of hydrogen-bond donors (Lipinski definition) is 1. The van der Waals surface area contributed by atoms with Gasteiger partial charge in [-0.15, -0.1) is 0 Å². The molecule has 1 N–H and O–H groups in total. The molecule has 0 unspecified atom stereocenters. The molecule has 0 bridgehead atoms. The molecule has 1 aromatic carbocycles. The Bertz CT molecular complexity index is 352. The molecule has 0 spiro atoms. The van der Waals surface area contributed by atoms with E-state index in [0.29, 0.717) is 5.56 Å². The highest BCUT2D eigenvalue weighted by Gasteiger charge is 1.94. The Labute approximate surface area is 79.6 Å². The van der Waals surface area contributed by atoms with Gasteiger partial charge < -0.3 is 9.94 Å². The molecule has 0 radical (unpaired) electrons. The highest BCUT2D eigenvalue weighted by molar-refractivity contribution is 5.79. The summed E-state index contributed by atoms with van der Waals surface area (Å²) in [5.74, 6) is -1.49. The third kappa shape index (κ3) is 3.66. The number of hydrogen-bond acceptors (Lipinski definition) is 3. The minimum Gasteiger partial charge on any atom is -0.479 e. The normalized spacial score (nSPS) is 10.4. The van der Waals surface area contributed by atoms with Gasteiger partial charge in [-0.05, 0) is 17.7 Å². The summed E-state index contributed by atoms with van der Waals surface area (Å²) in [5, 5.41) is 11.5. The summed E-state index contributed by atoms with van der Waals surface area (Å²) >= 11 is 0. The van der Waals surface area contributed by atoms with Crippen LogP contribution in [0.25, 0.3) is 0 Å². The minimum atomic E-state index is -1.11. The maximum atomic E-state index is 12.6. The molecule has 0 aliphatic rings. The van der Waals surface area contributed by atoms with Crippen LogP contribution in [0.15, 0.2) is 29.4 Å². The van der Waals surface area contributed by atoms with Gasteiger partial charge in [-0.25, -0.2) is 9.18 Å². The largest absolute Gasteiger partial charge is 0.479 e. The van der Waals surface area contributed by atoms with Crippen molar-refractivity contribution in [2.45, 2.75) is 0 Å². The molecule has 0 amide bonds. The van der Waals surface area contributed by atoms with E-state index in [1.165, 1.54) is 24.4 Å². The topological polar surface area (TPSA) is 58.9 Å². The Morgan fingerprint density at radius 1 is 1.64 bits per heavy atom. The van der Waals surface area contributed by atoms with E-state index in [0.717, 1.165) is 0 Å². The first-order chi connectivity index (χ1) is 6.68. The van der Waals surface area contributed by atoms with E-state index < -0.39 is 12.6 Å². The van der Waals surface area contributed by atoms with E-state index >= 15 is 0 Å². The molecule has 0 aliphatic carbocycles. The van der Waals surface area contributed by atoms with Crippen LogP contribution in [-0.2, 0) is 9.63 Å². The molecule has 0 aliphatic heterocycles. The minimum absolute atomic E-state index is 0.382. The number of oxime groups is 1. The molecule has 0 atom stereocenters. The summed E-state index contributed by atoms with van der Waals surface area (Å²) in [6, 6.07) is 5.70. The number of carbonyl (C=O) groups is 1. The number of carboxylic acids is 1. The Morgan fingerprint density at radius 3 is 3.07 bits per heavy atom. The molecule has 0 saturated heterocycles. The third-order valence-electron chi connectivity index (χ3n) is 1.31. The maximum absolute atomic E-state index is 12.6. The number of carboxylic acid groups (broad SMARTS) is 1. The molecule has 1 rings (SSSR count). The van der Waals surface area contributed by atoms with Gasteiger partial charge in [0, 0.05) is 0 Å². The van der Waals surface area contributed by atoms with E-state index in [-0.39, 0.29) is 5.82 Å². The standard InChI is InChI=1S/C9H8FNO3/c10-8-3-1-2-7(4-8)5-11-14-6-9(12)13/h1-5H,6H2,(H,12,13)/b11-5-. The van der Waals surface area contributed by atoms with Gasteiger partial charge in [0.25, 0.3) is 0 Å². The zero-order valence-electron chi connectivity index (χ0n) is 7.18. The lowest BCUT2D eigenvalue weighted by molar-refractivity contribution is -0.142. The second-order valence-corrected chi connectivity index (χ2v) is 2.46. The Hall–Kier alpha value is -1.91. The van der Waals surface area contributed by atoms with E-state index in [1.807, 2.05) is 0 Å². The Kier molecular flexibility index (Phi) is 3.60. The van der Waals surface area contributed by atoms with Crippen LogP contribution in [0.1, 0.15) is 5.56 Å². The number of halogens is 1. The van der Waals surface area contributed by atoms with Crippen LogP contribution in [0.5, 0.6) is 0 Å². The van der Waals surface area contributed by atoms with Crippen molar-refractivity contribution in [3.8, 4) is 0 Å². The average molecular weight is 197 g/mol. The second kappa shape index (κ2) is 4.96. The van der Waals surface area contributed by atoms with E-state index in [2.05, 4.69) is 9.99 Å². The van der Waals surface area contributed by atoms with Gasteiger partial charge in [-0.3, -0.25) is 0 Å². The zero-order chi connectivity index (χ0) is 10.4. The number of nitrogens with zero attached hydrogens (tertiary/aromatic N) is 1. The zero-order valence-corrected chi connectivity index (χ0v) is 7.18. The van der Waals surface area contributed by atoms with Crippen molar-refractivity contribution in [3.05, 3.63) is 35.6 Å². The highest BCUT2D eigenvalue weighted by Crippen LogP contribution is 2.00. The summed E-state index contributed by atoms with van der Waals surface area (Å²) in [4.78, 5) is 14.4. The van der Waals surface area contributed by atoms with Gasteiger partial charge in [-0.2, -0.15) is 0 Å². The van der Waals surface area contributed by atoms with Crippen LogP contribution in [0.4, 0.5) is 4.39 Å². The molecule has 0 heterocycles. The van der Waals surface area contributed by atoms with Crippen molar-refractivity contribution in [2.75, 3.05) is 6.61 Å². The second-order valence-electron chi connectivity index (χ2n) is 2.46. The Balaban J connectivity index is 2.47. The van der Waals surface area contributed by atoms with Crippen LogP contribution in [0.3, 0.4) is 0 Å². The van der Waals surface area contributed by atoms with E-state index in [4.69, 9.17) is 5.11 Å². The predicted octanol–water partition coefficient (Wildman–Crippen LogP) is 1.26. The molecular weight excluding hydrogens is 189 g/mol. The van der Waals surface area contributed by atoms with Gasteiger partial charge in [0.1, 0.15) is 5.82 Å². The molecular formula is C9H8FNO3. The molecule has 5 heteroatoms. The van der Waals surface area contributed by atoms with Gasteiger partial charge in [0.15, 0.2) is 0 Å². The molecule has 14 heavy (non-hydrogen) atoms. The SMILES string of the molecule is O=C(O)CO/N=C\c1cccc(F)c1. The fourth-order valence-electron chi connectivity index (χ4n) is 0.778. The van der Waals surface area contributed by atoms with Gasteiger partial charge in [0.05, 0.1) is 6.21 Å². The molecule has 0 aromatic heterocycles. The van der Waals surface area contributed by atoms with Crippen LogP contribution < -0.4 is 0 Å². The first kappa shape index (κ1) is 10.2. The van der Waals surface area contributed by atoms with Crippen molar-refractivity contribution in [1.82, 2.24) is 0 Å².